The molecule has 1 aromatic rings. The maximum atomic E-state index is 12.0. The van der Waals surface area contributed by atoms with Gasteiger partial charge in [0.1, 0.15) is 0 Å². The topological polar surface area (TPSA) is 55.1 Å². The van der Waals surface area contributed by atoms with E-state index in [0.29, 0.717) is 5.92 Å². The maximum absolute atomic E-state index is 12.0. The Labute approximate surface area is 127 Å². The molecule has 3 N–H and O–H groups in total. The third-order valence-electron chi connectivity index (χ3n) is 6.41. The van der Waals surface area contributed by atoms with Crippen LogP contribution in [0.2, 0.25) is 0 Å². The fraction of sp³-hybridized carbons (Fsp3) is 0.611. The first-order valence-electron chi connectivity index (χ1n) is 7.72. The fourth-order valence-corrected chi connectivity index (χ4v) is 4.13. The highest BCUT2D eigenvalue weighted by Crippen LogP contribution is 2.71. The minimum absolute atomic E-state index is 0.0202. The quantitative estimate of drug-likeness (QED) is 0.872. The molecule has 114 valence electrons. The van der Waals surface area contributed by atoms with E-state index in [9.17, 15) is 4.79 Å². The molecule has 3 nitrogen and oxygen atoms in total. The number of carbonyl (C=O) groups is 1. The molecule has 1 atom stereocenters. The third-order valence-corrected chi connectivity index (χ3v) is 6.41. The molecule has 0 saturated heterocycles. The molecule has 1 unspecified atom stereocenters. The normalized spacial score (nSPS) is 26.1. The molecule has 0 bridgehead atoms. The molecule has 1 aromatic carbocycles. The number of nitrogens with two attached hydrogens (primary N) is 1. The van der Waals surface area contributed by atoms with Crippen molar-refractivity contribution in [1.29, 1.82) is 0 Å². The van der Waals surface area contributed by atoms with Crippen molar-refractivity contribution in [2.24, 2.45) is 22.5 Å². The number of amides is 1. The lowest BCUT2D eigenvalue weighted by molar-refractivity contribution is -0.119. The number of hydrogen-bond acceptors (Lipinski definition) is 2. The Hall–Kier alpha value is -1.35. The molecule has 0 aromatic heterocycles. The van der Waals surface area contributed by atoms with E-state index in [1.165, 1.54) is 0 Å². The molecule has 1 fully saturated rings. The fourth-order valence-electron chi connectivity index (χ4n) is 4.13. The van der Waals surface area contributed by atoms with Gasteiger partial charge in [-0.2, -0.15) is 0 Å². The van der Waals surface area contributed by atoms with Crippen LogP contribution in [-0.2, 0) is 10.2 Å². The number of rotatable bonds is 2. The molecule has 1 heterocycles. The van der Waals surface area contributed by atoms with Gasteiger partial charge in [-0.1, -0.05) is 39.8 Å². The molecule has 1 aliphatic carbocycles. The molecule has 3 heteroatoms. The van der Waals surface area contributed by atoms with Gasteiger partial charge >= 0.3 is 0 Å². The van der Waals surface area contributed by atoms with Crippen molar-refractivity contribution in [3.63, 3.8) is 0 Å². The first kappa shape index (κ1) is 14.6. The summed E-state index contributed by atoms with van der Waals surface area (Å²) in [4.78, 5) is 12.0. The van der Waals surface area contributed by atoms with Crippen molar-refractivity contribution in [2.45, 2.75) is 53.0 Å². The lowest BCUT2D eigenvalue weighted by Gasteiger charge is -2.19. The van der Waals surface area contributed by atoms with Crippen molar-refractivity contribution < 1.29 is 4.79 Å². The maximum Gasteiger partial charge on any atom is 0.234 e. The number of nitrogens with one attached hydrogen (secondary N) is 1. The van der Waals surface area contributed by atoms with Crippen molar-refractivity contribution in [2.75, 3.05) is 5.32 Å². The van der Waals surface area contributed by atoms with Gasteiger partial charge in [0, 0.05) is 11.7 Å². The van der Waals surface area contributed by atoms with Crippen LogP contribution in [0.3, 0.4) is 0 Å². The Morgan fingerprint density at radius 2 is 1.67 bits per heavy atom. The first-order chi connectivity index (χ1) is 9.51. The number of fused-ring (bicyclic) bond motifs is 1. The van der Waals surface area contributed by atoms with Gasteiger partial charge in [0.15, 0.2) is 0 Å². The predicted molar refractivity (Wildman–Crippen MR) is 86.1 cm³/mol. The van der Waals surface area contributed by atoms with Gasteiger partial charge in [0.05, 0.1) is 5.41 Å². The lowest BCUT2D eigenvalue weighted by Crippen LogP contribution is -2.27. The van der Waals surface area contributed by atoms with E-state index in [2.05, 4.69) is 45.1 Å². The highest BCUT2D eigenvalue weighted by Gasteiger charge is 2.66. The highest BCUT2D eigenvalue weighted by atomic mass is 16.2. The minimum atomic E-state index is -0.473. The average Bonchev–Trinajstić information content (AvgIpc) is 2.65. The molecule has 2 aliphatic rings. The summed E-state index contributed by atoms with van der Waals surface area (Å²) >= 11 is 0. The van der Waals surface area contributed by atoms with Crippen LogP contribution < -0.4 is 11.1 Å². The summed E-state index contributed by atoms with van der Waals surface area (Å²) in [7, 11) is 0. The number of benzene rings is 1. The highest BCUT2D eigenvalue weighted by molar-refractivity contribution is 6.05. The van der Waals surface area contributed by atoms with Crippen LogP contribution in [0.25, 0.3) is 0 Å². The standard InChI is InChI=1S/C18H26N2O/c1-16(2)11-9-10(7-8-12(11)20-15(16)21)13(19)14-17(3,4)18(14,5)6/h7-9,13-14H,19H2,1-6H3,(H,20,21). The first-order valence-corrected chi connectivity index (χ1v) is 7.72. The van der Waals surface area contributed by atoms with Crippen LogP contribution in [-0.4, -0.2) is 5.91 Å². The molecule has 21 heavy (non-hydrogen) atoms. The largest absolute Gasteiger partial charge is 0.325 e. The van der Waals surface area contributed by atoms with Crippen molar-refractivity contribution in [3.8, 4) is 0 Å². The summed E-state index contributed by atoms with van der Waals surface area (Å²) in [6.45, 7) is 13.1. The van der Waals surface area contributed by atoms with Crippen LogP contribution in [0, 0.1) is 16.7 Å². The smallest absolute Gasteiger partial charge is 0.234 e. The van der Waals surface area contributed by atoms with Gasteiger partial charge < -0.3 is 11.1 Å². The van der Waals surface area contributed by atoms with Crippen LogP contribution in [0.15, 0.2) is 18.2 Å². The molecule has 0 spiro atoms. The van der Waals surface area contributed by atoms with Crippen LogP contribution in [0.4, 0.5) is 5.69 Å². The molecule has 1 aliphatic heterocycles. The SMILES string of the molecule is CC1(C)C(=O)Nc2ccc(C(N)C3C(C)(C)C3(C)C)cc21. The van der Waals surface area contributed by atoms with Gasteiger partial charge in [-0.05, 0) is 47.8 Å². The summed E-state index contributed by atoms with van der Waals surface area (Å²) < 4.78 is 0. The molecular formula is C18H26N2O. The Kier molecular flexibility index (Phi) is 2.70. The van der Waals surface area contributed by atoms with E-state index in [1.54, 1.807) is 0 Å². The van der Waals surface area contributed by atoms with Gasteiger partial charge in [-0.25, -0.2) is 0 Å². The zero-order chi connectivity index (χ0) is 15.8. The second-order valence-corrected chi connectivity index (χ2v) is 8.33. The number of carbonyl (C=O) groups excluding carboxylic acids is 1. The molecule has 0 radical (unpaired) electrons. The van der Waals surface area contributed by atoms with Crippen LogP contribution in [0.1, 0.15) is 58.7 Å². The van der Waals surface area contributed by atoms with Crippen molar-refractivity contribution in [1.82, 2.24) is 0 Å². The average molecular weight is 286 g/mol. The van der Waals surface area contributed by atoms with Crippen LogP contribution >= 0.6 is 0 Å². The zero-order valence-corrected chi connectivity index (χ0v) is 13.9. The van der Waals surface area contributed by atoms with Gasteiger partial charge in [-0.3, -0.25) is 4.79 Å². The molecular weight excluding hydrogens is 260 g/mol. The third kappa shape index (κ3) is 1.73. The minimum Gasteiger partial charge on any atom is -0.325 e. The van der Waals surface area contributed by atoms with E-state index >= 15 is 0 Å². The summed E-state index contributed by atoms with van der Waals surface area (Å²) in [5.41, 5.74) is 9.74. The van der Waals surface area contributed by atoms with E-state index in [4.69, 9.17) is 5.73 Å². The summed E-state index contributed by atoms with van der Waals surface area (Å²) in [6, 6.07) is 6.21. The van der Waals surface area contributed by atoms with Crippen LogP contribution in [0.5, 0.6) is 0 Å². The van der Waals surface area contributed by atoms with Gasteiger partial charge in [-0.15, -0.1) is 0 Å². The van der Waals surface area contributed by atoms with E-state index in [0.717, 1.165) is 16.8 Å². The van der Waals surface area contributed by atoms with Gasteiger partial charge in [0.25, 0.3) is 0 Å². The second-order valence-electron chi connectivity index (χ2n) is 8.33. The predicted octanol–water partition coefficient (Wildman–Crippen LogP) is 3.60. The molecule has 1 amide bonds. The lowest BCUT2D eigenvalue weighted by atomic mass is 9.84. The summed E-state index contributed by atoms with van der Waals surface area (Å²) in [5, 5.41) is 2.95. The van der Waals surface area contributed by atoms with E-state index in [-0.39, 0.29) is 22.8 Å². The van der Waals surface area contributed by atoms with Crippen molar-refractivity contribution >= 4 is 11.6 Å². The molecule has 1 saturated carbocycles. The monoisotopic (exact) mass is 286 g/mol. The Balaban J connectivity index is 1.97. The Bertz CT molecular complexity index is 614. The second kappa shape index (κ2) is 3.89. The molecule has 3 rings (SSSR count). The Morgan fingerprint density at radius 1 is 1.10 bits per heavy atom. The van der Waals surface area contributed by atoms with E-state index < -0.39 is 5.41 Å². The van der Waals surface area contributed by atoms with E-state index in [1.807, 2.05) is 19.9 Å². The summed E-state index contributed by atoms with van der Waals surface area (Å²) in [5.74, 6) is 0.534. The Morgan fingerprint density at radius 3 is 2.19 bits per heavy atom. The number of anilines is 1. The zero-order valence-electron chi connectivity index (χ0n) is 13.9. The summed E-state index contributed by atoms with van der Waals surface area (Å²) in [6.07, 6.45) is 0. The van der Waals surface area contributed by atoms with Gasteiger partial charge in [0.2, 0.25) is 5.91 Å². The van der Waals surface area contributed by atoms with Crippen molar-refractivity contribution in [3.05, 3.63) is 29.3 Å². The number of hydrogen-bond donors (Lipinski definition) is 2.